The molecule has 1 fully saturated rings. The fourth-order valence-corrected chi connectivity index (χ4v) is 2.98. The number of allylic oxidation sites excluding steroid dienone is 2. The van der Waals surface area contributed by atoms with Crippen molar-refractivity contribution in [2.24, 2.45) is 5.41 Å². The van der Waals surface area contributed by atoms with Crippen molar-refractivity contribution in [3.05, 3.63) is 11.8 Å². The zero-order valence-electron chi connectivity index (χ0n) is 10.2. The lowest BCUT2D eigenvalue weighted by molar-refractivity contribution is -0.862. The van der Waals surface area contributed by atoms with Crippen molar-refractivity contribution >= 4 is 5.78 Å². The van der Waals surface area contributed by atoms with Crippen LogP contribution in [-0.2, 0) is 4.79 Å². The maximum Gasteiger partial charge on any atom is 0.161 e. The average Bonchev–Trinajstić information content (AvgIpc) is 2.49. The number of ketones is 1. The molecule has 84 valence electrons. The molecule has 2 nitrogen and oxygen atoms in total. The summed E-state index contributed by atoms with van der Waals surface area (Å²) in [5, 5.41) is 0. The van der Waals surface area contributed by atoms with Crippen molar-refractivity contribution in [2.75, 3.05) is 20.1 Å². The Morgan fingerprint density at radius 3 is 2.33 bits per heavy atom. The molecule has 0 N–H and O–H groups in total. The zero-order chi connectivity index (χ0) is 11.1. The van der Waals surface area contributed by atoms with E-state index < -0.39 is 0 Å². The van der Waals surface area contributed by atoms with Gasteiger partial charge >= 0.3 is 0 Å². The highest BCUT2D eigenvalue weighted by Gasteiger charge is 2.38. The second-order valence-electron chi connectivity index (χ2n) is 6.17. The summed E-state index contributed by atoms with van der Waals surface area (Å²) in [6, 6.07) is 0. The number of rotatable bonds is 1. The molecule has 0 unspecified atom stereocenters. The molecule has 1 heterocycles. The van der Waals surface area contributed by atoms with Crippen LogP contribution in [0, 0.1) is 5.41 Å². The maximum atomic E-state index is 11.7. The summed E-state index contributed by atoms with van der Waals surface area (Å²) in [4.78, 5) is 11.7. The van der Waals surface area contributed by atoms with Crippen molar-refractivity contribution in [1.29, 1.82) is 0 Å². The van der Waals surface area contributed by atoms with E-state index in [0.29, 0.717) is 5.78 Å². The van der Waals surface area contributed by atoms with E-state index in [4.69, 9.17) is 0 Å². The van der Waals surface area contributed by atoms with Crippen LogP contribution >= 0.6 is 0 Å². The van der Waals surface area contributed by atoms with Gasteiger partial charge in [-0.25, -0.2) is 0 Å². The molecule has 1 aliphatic carbocycles. The molecular formula is C13H22NO+. The predicted molar refractivity (Wildman–Crippen MR) is 61.3 cm³/mol. The molecule has 0 aromatic carbocycles. The number of carbonyl (C=O) groups is 1. The van der Waals surface area contributed by atoms with E-state index in [9.17, 15) is 4.79 Å². The summed E-state index contributed by atoms with van der Waals surface area (Å²) in [7, 11) is 2.29. The Kier molecular flexibility index (Phi) is 2.50. The number of nitrogens with zero attached hydrogens (tertiary/aromatic N) is 1. The fourth-order valence-electron chi connectivity index (χ4n) is 2.98. The number of likely N-dealkylation sites (tertiary alicyclic amines) is 1. The summed E-state index contributed by atoms with van der Waals surface area (Å²) in [5.74, 6) is 0.326. The molecular weight excluding hydrogens is 186 g/mol. The van der Waals surface area contributed by atoms with Crippen LogP contribution in [-0.4, -0.2) is 30.4 Å². The lowest BCUT2D eigenvalue weighted by Gasteiger charge is -2.37. The largest absolute Gasteiger partial charge is 0.297 e. The van der Waals surface area contributed by atoms with E-state index in [2.05, 4.69) is 20.9 Å². The first-order valence-corrected chi connectivity index (χ1v) is 6.00. The molecule has 0 aromatic rings. The van der Waals surface area contributed by atoms with Gasteiger partial charge < -0.3 is 0 Å². The van der Waals surface area contributed by atoms with Crippen LogP contribution in [0.25, 0.3) is 0 Å². The van der Waals surface area contributed by atoms with E-state index in [1.807, 2.05) is 6.08 Å². The standard InChI is InChI=1S/C13H22NO/c1-13(2)9-11(8-12(15)10-13)14(3)6-4-5-7-14/h8H,4-7,9-10H2,1-3H3/q+1. The second-order valence-corrected chi connectivity index (χ2v) is 6.17. The molecule has 0 radical (unpaired) electrons. The third kappa shape index (κ3) is 2.15. The summed E-state index contributed by atoms with van der Waals surface area (Å²) < 4.78 is 1.02. The normalized spacial score (nSPS) is 29.0. The molecule has 0 bridgehead atoms. The monoisotopic (exact) mass is 208 g/mol. The Balaban J connectivity index is 2.25. The molecule has 2 aliphatic rings. The van der Waals surface area contributed by atoms with Crippen molar-refractivity contribution in [1.82, 2.24) is 0 Å². The maximum absolute atomic E-state index is 11.7. The lowest BCUT2D eigenvalue weighted by atomic mass is 9.78. The molecule has 0 aromatic heterocycles. The minimum absolute atomic E-state index is 0.172. The molecule has 0 amide bonds. The van der Waals surface area contributed by atoms with Gasteiger partial charge in [0.25, 0.3) is 0 Å². The van der Waals surface area contributed by atoms with Crippen molar-refractivity contribution in [3.63, 3.8) is 0 Å². The van der Waals surface area contributed by atoms with Crippen molar-refractivity contribution in [2.45, 2.75) is 39.5 Å². The van der Waals surface area contributed by atoms with E-state index in [1.54, 1.807) is 0 Å². The van der Waals surface area contributed by atoms with Crippen molar-refractivity contribution < 1.29 is 9.28 Å². The van der Waals surface area contributed by atoms with E-state index in [0.717, 1.165) is 17.3 Å². The Morgan fingerprint density at radius 1 is 1.20 bits per heavy atom. The van der Waals surface area contributed by atoms with Crippen LogP contribution in [0.3, 0.4) is 0 Å². The minimum atomic E-state index is 0.172. The van der Waals surface area contributed by atoms with Gasteiger partial charge in [0.1, 0.15) is 5.70 Å². The summed E-state index contributed by atoms with van der Waals surface area (Å²) >= 11 is 0. The van der Waals surface area contributed by atoms with Crippen LogP contribution in [0.2, 0.25) is 0 Å². The third-order valence-corrected chi connectivity index (χ3v) is 3.89. The van der Waals surface area contributed by atoms with Gasteiger partial charge in [-0.15, -0.1) is 0 Å². The molecule has 2 rings (SSSR count). The van der Waals surface area contributed by atoms with Crippen LogP contribution in [0.5, 0.6) is 0 Å². The first-order chi connectivity index (χ1) is 6.91. The van der Waals surface area contributed by atoms with E-state index in [1.165, 1.54) is 31.6 Å². The summed E-state index contributed by atoms with van der Waals surface area (Å²) in [6.07, 6.45) is 6.35. The van der Waals surface area contributed by atoms with Crippen LogP contribution in [0.4, 0.5) is 0 Å². The van der Waals surface area contributed by atoms with Gasteiger partial charge in [-0.05, 0) is 5.41 Å². The van der Waals surface area contributed by atoms with Crippen LogP contribution < -0.4 is 0 Å². The number of quaternary nitrogens is 1. The van der Waals surface area contributed by atoms with Gasteiger partial charge in [-0.1, -0.05) is 13.8 Å². The molecule has 2 heteroatoms. The Morgan fingerprint density at radius 2 is 1.80 bits per heavy atom. The molecule has 1 saturated heterocycles. The second kappa shape index (κ2) is 3.44. The Bertz CT molecular complexity index is 308. The fraction of sp³-hybridized carbons (Fsp3) is 0.769. The number of hydrogen-bond donors (Lipinski definition) is 0. The molecule has 1 aliphatic heterocycles. The molecule has 0 saturated carbocycles. The van der Waals surface area contributed by atoms with E-state index in [-0.39, 0.29) is 5.41 Å². The summed E-state index contributed by atoms with van der Waals surface area (Å²) in [6.45, 7) is 6.85. The predicted octanol–water partition coefficient (Wildman–Crippen LogP) is 2.50. The van der Waals surface area contributed by atoms with Crippen LogP contribution in [0.1, 0.15) is 39.5 Å². The first kappa shape index (κ1) is 10.9. The van der Waals surface area contributed by atoms with Gasteiger partial charge in [-0.3, -0.25) is 9.28 Å². The van der Waals surface area contributed by atoms with Crippen molar-refractivity contribution in [3.8, 4) is 0 Å². The molecule has 0 spiro atoms. The highest BCUT2D eigenvalue weighted by atomic mass is 16.1. The third-order valence-electron chi connectivity index (χ3n) is 3.89. The highest BCUT2D eigenvalue weighted by molar-refractivity contribution is 5.91. The highest BCUT2D eigenvalue weighted by Crippen LogP contribution is 2.38. The number of carbonyl (C=O) groups excluding carboxylic acids is 1. The molecule has 0 atom stereocenters. The van der Waals surface area contributed by atoms with E-state index >= 15 is 0 Å². The lowest BCUT2D eigenvalue weighted by Crippen LogP contribution is -2.43. The van der Waals surface area contributed by atoms with Gasteiger partial charge in [0.05, 0.1) is 20.1 Å². The topological polar surface area (TPSA) is 17.1 Å². The Labute approximate surface area is 92.5 Å². The van der Waals surface area contributed by atoms with Gasteiger partial charge in [-0.2, -0.15) is 0 Å². The quantitative estimate of drug-likeness (QED) is 0.605. The Hall–Kier alpha value is -0.630. The first-order valence-electron chi connectivity index (χ1n) is 6.00. The van der Waals surface area contributed by atoms with Gasteiger partial charge in [0, 0.05) is 31.8 Å². The van der Waals surface area contributed by atoms with Crippen LogP contribution in [0.15, 0.2) is 11.8 Å². The SMILES string of the molecule is CC1(C)CC(=O)C=C([N+]2(C)CCCC2)C1. The number of hydrogen-bond acceptors (Lipinski definition) is 1. The average molecular weight is 208 g/mol. The molecule has 15 heavy (non-hydrogen) atoms. The smallest absolute Gasteiger partial charge is 0.161 e. The zero-order valence-corrected chi connectivity index (χ0v) is 10.2. The summed E-state index contributed by atoms with van der Waals surface area (Å²) in [5.41, 5.74) is 1.54. The minimum Gasteiger partial charge on any atom is -0.297 e. The van der Waals surface area contributed by atoms with Gasteiger partial charge in [0.15, 0.2) is 5.78 Å². The van der Waals surface area contributed by atoms with Gasteiger partial charge in [0.2, 0.25) is 0 Å².